The molecule has 4 rings (SSSR count). The fourth-order valence-electron chi connectivity index (χ4n) is 5.62. The molecule has 28 heavy (non-hydrogen) atoms. The van der Waals surface area contributed by atoms with Crippen LogP contribution in [0.15, 0.2) is 30.3 Å². The molecule has 2 amide bonds. The molecule has 5 heteroatoms. The van der Waals surface area contributed by atoms with E-state index in [0.29, 0.717) is 12.5 Å². The summed E-state index contributed by atoms with van der Waals surface area (Å²) in [6, 6.07) is 10.9. The number of hydrogen-bond donors (Lipinski definition) is 0. The van der Waals surface area contributed by atoms with Crippen molar-refractivity contribution in [3.63, 3.8) is 0 Å². The fraction of sp³-hybridized carbons (Fsp3) is 0.652. The molecule has 2 aliphatic carbocycles. The normalized spacial score (nSPS) is 30.9. The minimum atomic E-state index is -0.107. The minimum Gasteiger partial charge on any atom is -0.317 e. The number of nitrogens with zero attached hydrogens (tertiary/aromatic N) is 3. The lowest BCUT2D eigenvalue weighted by atomic mass is 9.68. The highest BCUT2D eigenvalue weighted by Gasteiger charge is 2.54. The molecule has 0 unspecified atom stereocenters. The molecule has 5 nitrogen and oxygen atoms in total. The van der Waals surface area contributed by atoms with E-state index in [0.717, 1.165) is 38.5 Å². The minimum absolute atomic E-state index is 0.0236. The van der Waals surface area contributed by atoms with Crippen LogP contribution >= 0.6 is 0 Å². The number of urea groups is 1. The van der Waals surface area contributed by atoms with Crippen molar-refractivity contribution in [3.8, 4) is 0 Å². The molecule has 3 aliphatic rings. The molecule has 1 aliphatic heterocycles. The van der Waals surface area contributed by atoms with Crippen LogP contribution in [0.5, 0.6) is 0 Å². The summed E-state index contributed by atoms with van der Waals surface area (Å²) in [7, 11) is 4.35. The van der Waals surface area contributed by atoms with Crippen LogP contribution in [-0.4, -0.2) is 66.3 Å². The lowest BCUT2D eigenvalue weighted by Crippen LogP contribution is -2.56. The second-order valence-corrected chi connectivity index (χ2v) is 9.25. The molecule has 0 aromatic heterocycles. The Balaban J connectivity index is 1.59. The third-order valence-corrected chi connectivity index (χ3v) is 7.69. The average Bonchev–Trinajstić information content (AvgIpc) is 2.91. The second kappa shape index (κ2) is 7.51. The summed E-state index contributed by atoms with van der Waals surface area (Å²) >= 11 is 0. The van der Waals surface area contributed by atoms with E-state index >= 15 is 0 Å². The quantitative estimate of drug-likeness (QED) is 0.706. The van der Waals surface area contributed by atoms with Gasteiger partial charge in [-0.05, 0) is 64.1 Å². The van der Waals surface area contributed by atoms with Crippen LogP contribution in [0.2, 0.25) is 0 Å². The van der Waals surface area contributed by atoms with Crippen molar-refractivity contribution in [2.24, 2.45) is 5.92 Å². The predicted molar refractivity (Wildman–Crippen MR) is 110 cm³/mol. The standard InChI is InChI=1S/C23H33N3O2/c1-24(2)23(20-9-4-3-5-10-20)13-11-22(12-14-23)18-25(15-16-27)21(28)26(22)17-19-7-6-8-19/h3-5,9-10,16,19H,6-8,11-15,17-18H2,1-2H3. The first-order chi connectivity index (χ1) is 13.5. The molecule has 1 aromatic rings. The molecule has 2 saturated carbocycles. The van der Waals surface area contributed by atoms with Gasteiger partial charge in [-0.15, -0.1) is 0 Å². The number of amides is 2. The van der Waals surface area contributed by atoms with Crippen LogP contribution in [0, 0.1) is 5.92 Å². The van der Waals surface area contributed by atoms with E-state index in [1.165, 1.54) is 24.8 Å². The van der Waals surface area contributed by atoms with Gasteiger partial charge in [-0.25, -0.2) is 4.79 Å². The summed E-state index contributed by atoms with van der Waals surface area (Å²) in [5.41, 5.74) is 1.29. The number of benzene rings is 1. The van der Waals surface area contributed by atoms with Crippen molar-refractivity contribution >= 4 is 12.3 Å². The largest absolute Gasteiger partial charge is 0.321 e. The monoisotopic (exact) mass is 383 g/mol. The summed E-state index contributed by atoms with van der Waals surface area (Å²) in [6.07, 6.45) is 8.69. The maximum Gasteiger partial charge on any atom is 0.321 e. The van der Waals surface area contributed by atoms with Gasteiger partial charge in [-0.1, -0.05) is 36.8 Å². The van der Waals surface area contributed by atoms with Crippen molar-refractivity contribution < 1.29 is 9.59 Å². The van der Waals surface area contributed by atoms with Crippen molar-refractivity contribution in [3.05, 3.63) is 35.9 Å². The molecular formula is C23H33N3O2. The Bertz CT molecular complexity index is 706. The molecule has 0 N–H and O–H groups in total. The van der Waals surface area contributed by atoms with Gasteiger partial charge in [0, 0.05) is 18.6 Å². The van der Waals surface area contributed by atoms with Gasteiger partial charge in [-0.3, -0.25) is 4.90 Å². The van der Waals surface area contributed by atoms with Crippen molar-refractivity contribution in [2.75, 3.05) is 33.7 Å². The maximum atomic E-state index is 13.1. The Morgan fingerprint density at radius 3 is 2.32 bits per heavy atom. The van der Waals surface area contributed by atoms with Crippen LogP contribution in [0.4, 0.5) is 4.79 Å². The highest BCUT2D eigenvalue weighted by atomic mass is 16.2. The fourth-order valence-corrected chi connectivity index (χ4v) is 5.62. The Hall–Kier alpha value is -1.88. The first-order valence-corrected chi connectivity index (χ1v) is 10.7. The number of carbonyl (C=O) groups excluding carboxylic acids is 2. The van der Waals surface area contributed by atoms with E-state index in [1.807, 2.05) is 0 Å². The Morgan fingerprint density at radius 1 is 1.11 bits per heavy atom. The average molecular weight is 384 g/mol. The van der Waals surface area contributed by atoms with Crippen LogP contribution in [-0.2, 0) is 10.3 Å². The first-order valence-electron chi connectivity index (χ1n) is 10.7. The Labute approximate surface area is 168 Å². The smallest absolute Gasteiger partial charge is 0.317 e. The zero-order valence-corrected chi connectivity index (χ0v) is 17.3. The first kappa shape index (κ1) is 19.4. The van der Waals surface area contributed by atoms with E-state index in [4.69, 9.17) is 0 Å². The van der Waals surface area contributed by atoms with Crippen molar-refractivity contribution in [1.29, 1.82) is 0 Å². The van der Waals surface area contributed by atoms with Gasteiger partial charge in [0.1, 0.15) is 6.29 Å². The SMILES string of the molecule is CN(C)C1(c2ccccc2)CCC2(CC1)CN(CC=O)C(=O)N2CC1CCC1. The van der Waals surface area contributed by atoms with Crippen molar-refractivity contribution in [2.45, 2.75) is 56.0 Å². The van der Waals surface area contributed by atoms with Crippen LogP contribution in [0.3, 0.4) is 0 Å². The molecule has 0 atom stereocenters. The maximum absolute atomic E-state index is 13.1. The van der Waals surface area contributed by atoms with Gasteiger partial charge < -0.3 is 14.6 Å². The molecule has 1 saturated heterocycles. The summed E-state index contributed by atoms with van der Waals surface area (Å²) in [4.78, 5) is 30.5. The van der Waals surface area contributed by atoms with Crippen LogP contribution in [0.25, 0.3) is 0 Å². The molecule has 1 heterocycles. The molecule has 152 valence electrons. The third kappa shape index (κ3) is 3.14. The predicted octanol–water partition coefficient (Wildman–Crippen LogP) is 3.49. The topological polar surface area (TPSA) is 43.9 Å². The number of aldehydes is 1. The molecule has 1 spiro atoms. The zero-order chi connectivity index (χ0) is 19.8. The van der Waals surface area contributed by atoms with Gasteiger partial charge in [0.25, 0.3) is 0 Å². The molecule has 3 fully saturated rings. The van der Waals surface area contributed by atoms with E-state index in [9.17, 15) is 9.59 Å². The van der Waals surface area contributed by atoms with Crippen molar-refractivity contribution in [1.82, 2.24) is 14.7 Å². The second-order valence-electron chi connectivity index (χ2n) is 9.25. The van der Waals surface area contributed by atoms with Crippen LogP contribution in [0.1, 0.15) is 50.5 Å². The lowest BCUT2D eigenvalue weighted by molar-refractivity contribution is -0.108. The van der Waals surface area contributed by atoms with Crippen LogP contribution < -0.4 is 0 Å². The third-order valence-electron chi connectivity index (χ3n) is 7.69. The number of carbonyl (C=O) groups is 2. The molecule has 0 radical (unpaired) electrons. The van der Waals surface area contributed by atoms with E-state index < -0.39 is 0 Å². The number of hydrogen-bond acceptors (Lipinski definition) is 3. The van der Waals surface area contributed by atoms with E-state index in [2.05, 4.69) is 54.2 Å². The zero-order valence-electron chi connectivity index (χ0n) is 17.3. The van der Waals surface area contributed by atoms with E-state index in [-0.39, 0.29) is 23.7 Å². The summed E-state index contributed by atoms with van der Waals surface area (Å²) in [6.45, 7) is 1.79. The van der Waals surface area contributed by atoms with Gasteiger partial charge in [0.15, 0.2) is 0 Å². The highest BCUT2D eigenvalue weighted by molar-refractivity contribution is 5.80. The lowest BCUT2D eigenvalue weighted by Gasteiger charge is -2.51. The van der Waals surface area contributed by atoms with Gasteiger partial charge in [0.05, 0.1) is 12.1 Å². The van der Waals surface area contributed by atoms with Gasteiger partial charge >= 0.3 is 6.03 Å². The van der Waals surface area contributed by atoms with E-state index in [1.54, 1.807) is 4.90 Å². The Morgan fingerprint density at radius 2 is 1.79 bits per heavy atom. The van der Waals surface area contributed by atoms with Gasteiger partial charge in [-0.2, -0.15) is 0 Å². The molecule has 1 aromatic carbocycles. The number of rotatable bonds is 6. The summed E-state index contributed by atoms with van der Waals surface area (Å²) in [5.74, 6) is 0.645. The molecular weight excluding hydrogens is 350 g/mol. The summed E-state index contributed by atoms with van der Waals surface area (Å²) < 4.78 is 0. The van der Waals surface area contributed by atoms with Gasteiger partial charge in [0.2, 0.25) is 0 Å². The summed E-state index contributed by atoms with van der Waals surface area (Å²) in [5, 5.41) is 0. The molecule has 0 bridgehead atoms. The highest BCUT2D eigenvalue weighted by Crippen LogP contribution is 2.49. The Kier molecular flexibility index (Phi) is 5.21.